The van der Waals surface area contributed by atoms with Crippen molar-refractivity contribution in [3.63, 3.8) is 0 Å². The van der Waals surface area contributed by atoms with Gasteiger partial charge in [0.25, 0.3) is 0 Å². The van der Waals surface area contributed by atoms with Gasteiger partial charge < -0.3 is 10.1 Å². The molecule has 1 N–H and O–H groups in total. The molecule has 0 aliphatic heterocycles. The van der Waals surface area contributed by atoms with Crippen molar-refractivity contribution in [1.29, 1.82) is 0 Å². The van der Waals surface area contributed by atoms with Gasteiger partial charge in [0.05, 0.1) is 12.2 Å². The highest BCUT2D eigenvalue weighted by atomic mass is 127. The van der Waals surface area contributed by atoms with E-state index in [1.165, 1.54) is 5.56 Å². The van der Waals surface area contributed by atoms with Crippen molar-refractivity contribution in [3.8, 4) is 0 Å². The largest absolute Gasteiger partial charge is 0.462 e. The number of carbonyl (C=O) groups is 1. The zero-order valence-corrected chi connectivity index (χ0v) is 14.3. The number of hydrogen-bond donors (Lipinski definition) is 1. The van der Waals surface area contributed by atoms with Gasteiger partial charge in [0, 0.05) is 15.8 Å². The molecule has 0 aromatic heterocycles. The Balaban J connectivity index is 2.15. The zero-order valence-electron chi connectivity index (χ0n) is 12.2. The number of ether oxygens (including phenoxy) is 1. The van der Waals surface area contributed by atoms with E-state index in [0.717, 1.165) is 21.4 Å². The van der Waals surface area contributed by atoms with Crippen LogP contribution in [0.1, 0.15) is 28.4 Å². The summed E-state index contributed by atoms with van der Waals surface area (Å²) in [5.41, 5.74) is 3.84. The van der Waals surface area contributed by atoms with Crippen LogP contribution in [-0.2, 0) is 11.3 Å². The Hall–Kier alpha value is -1.56. The van der Waals surface area contributed by atoms with E-state index in [-0.39, 0.29) is 5.97 Å². The molecule has 0 aliphatic carbocycles. The van der Waals surface area contributed by atoms with Crippen LogP contribution in [-0.4, -0.2) is 12.6 Å². The van der Waals surface area contributed by atoms with E-state index in [0.29, 0.717) is 12.2 Å². The second-order valence-corrected chi connectivity index (χ2v) is 5.74. The van der Waals surface area contributed by atoms with Gasteiger partial charge in [0.15, 0.2) is 0 Å². The number of esters is 1. The van der Waals surface area contributed by atoms with Crippen LogP contribution in [0.2, 0.25) is 0 Å². The van der Waals surface area contributed by atoms with Crippen molar-refractivity contribution in [2.75, 3.05) is 11.9 Å². The van der Waals surface area contributed by atoms with Crippen molar-refractivity contribution < 1.29 is 9.53 Å². The lowest BCUT2D eigenvalue weighted by Gasteiger charge is -2.13. The van der Waals surface area contributed by atoms with E-state index in [9.17, 15) is 4.79 Å². The average molecular weight is 395 g/mol. The Labute approximate surface area is 138 Å². The van der Waals surface area contributed by atoms with E-state index in [1.807, 2.05) is 44.2 Å². The summed E-state index contributed by atoms with van der Waals surface area (Å²) in [6.45, 7) is 4.91. The predicted molar refractivity (Wildman–Crippen MR) is 93.6 cm³/mol. The topological polar surface area (TPSA) is 38.3 Å². The third-order valence-electron chi connectivity index (χ3n) is 3.21. The van der Waals surface area contributed by atoms with Crippen molar-refractivity contribution >= 4 is 34.2 Å². The van der Waals surface area contributed by atoms with Gasteiger partial charge in [-0.15, -0.1) is 0 Å². The molecule has 0 radical (unpaired) electrons. The van der Waals surface area contributed by atoms with E-state index in [1.54, 1.807) is 0 Å². The monoisotopic (exact) mass is 395 g/mol. The third-order valence-corrected chi connectivity index (χ3v) is 4.60. The summed E-state index contributed by atoms with van der Waals surface area (Å²) in [6.07, 6.45) is 0. The summed E-state index contributed by atoms with van der Waals surface area (Å²) in [5.74, 6) is -0.262. The van der Waals surface area contributed by atoms with Crippen LogP contribution >= 0.6 is 22.6 Å². The maximum absolute atomic E-state index is 11.9. The molecule has 0 heterocycles. The van der Waals surface area contributed by atoms with Crippen LogP contribution in [0.4, 0.5) is 5.69 Å². The van der Waals surface area contributed by atoms with Gasteiger partial charge in [-0.1, -0.05) is 30.3 Å². The molecule has 0 unspecified atom stereocenters. The third kappa shape index (κ3) is 3.97. The normalized spacial score (nSPS) is 10.2. The molecule has 21 heavy (non-hydrogen) atoms. The highest BCUT2D eigenvalue weighted by Crippen LogP contribution is 2.26. The highest BCUT2D eigenvalue weighted by molar-refractivity contribution is 14.1. The number of halogens is 1. The molecule has 3 nitrogen and oxygen atoms in total. The van der Waals surface area contributed by atoms with E-state index >= 15 is 0 Å². The lowest BCUT2D eigenvalue weighted by Crippen LogP contribution is -2.09. The van der Waals surface area contributed by atoms with Gasteiger partial charge in [-0.05, 0) is 59.7 Å². The van der Waals surface area contributed by atoms with Crippen LogP contribution in [0.5, 0.6) is 0 Å². The molecular formula is C17H18INO2. The van der Waals surface area contributed by atoms with E-state index in [4.69, 9.17) is 4.74 Å². The van der Waals surface area contributed by atoms with Crippen LogP contribution in [0.25, 0.3) is 0 Å². The number of carbonyl (C=O) groups excluding carboxylic acids is 1. The molecule has 0 bridgehead atoms. The molecule has 0 atom stereocenters. The molecule has 0 saturated heterocycles. The first-order chi connectivity index (χ1) is 10.1. The van der Waals surface area contributed by atoms with Crippen LogP contribution in [0.15, 0.2) is 42.5 Å². The molecule has 0 saturated carbocycles. The summed E-state index contributed by atoms with van der Waals surface area (Å²) in [6, 6.07) is 14.0. The molecule has 2 aromatic rings. The van der Waals surface area contributed by atoms with Crippen LogP contribution < -0.4 is 5.32 Å². The fourth-order valence-corrected chi connectivity index (χ4v) is 2.71. The quantitative estimate of drug-likeness (QED) is 0.603. The molecule has 4 heteroatoms. The van der Waals surface area contributed by atoms with Crippen molar-refractivity contribution in [1.82, 2.24) is 0 Å². The molecule has 2 aromatic carbocycles. The first-order valence-electron chi connectivity index (χ1n) is 6.87. The lowest BCUT2D eigenvalue weighted by molar-refractivity contribution is 0.0525. The Morgan fingerprint density at radius 1 is 1.19 bits per heavy atom. The lowest BCUT2D eigenvalue weighted by atomic mass is 10.1. The Kier molecular flexibility index (Phi) is 5.61. The van der Waals surface area contributed by atoms with Crippen LogP contribution in [0.3, 0.4) is 0 Å². The van der Waals surface area contributed by atoms with Gasteiger partial charge in [0.2, 0.25) is 0 Å². The maximum atomic E-state index is 11.9. The minimum absolute atomic E-state index is 0.262. The Morgan fingerprint density at radius 3 is 2.57 bits per heavy atom. The molecular weight excluding hydrogens is 377 g/mol. The van der Waals surface area contributed by atoms with Crippen molar-refractivity contribution in [2.24, 2.45) is 0 Å². The summed E-state index contributed by atoms with van der Waals surface area (Å²) < 4.78 is 6.12. The smallest absolute Gasteiger partial charge is 0.338 e. The SMILES string of the molecule is CCOC(=O)c1ccc(NCc2ccccc2)c(I)c1C. The van der Waals surface area contributed by atoms with Gasteiger partial charge in [-0.25, -0.2) is 4.79 Å². The van der Waals surface area contributed by atoms with Crippen molar-refractivity contribution in [3.05, 3.63) is 62.7 Å². The molecule has 0 spiro atoms. The Bertz CT molecular complexity index is 626. The predicted octanol–water partition coefficient (Wildman–Crippen LogP) is 4.39. The number of benzene rings is 2. The first kappa shape index (κ1) is 15.8. The minimum Gasteiger partial charge on any atom is -0.462 e. The van der Waals surface area contributed by atoms with E-state index < -0.39 is 0 Å². The Morgan fingerprint density at radius 2 is 1.90 bits per heavy atom. The molecule has 110 valence electrons. The van der Waals surface area contributed by atoms with Gasteiger partial charge in [-0.2, -0.15) is 0 Å². The number of rotatable bonds is 5. The molecule has 2 rings (SSSR count). The van der Waals surface area contributed by atoms with Crippen LogP contribution in [0, 0.1) is 10.5 Å². The standard InChI is InChI=1S/C17H18INO2/c1-3-21-17(20)14-9-10-15(16(18)12(14)2)19-11-13-7-5-4-6-8-13/h4-10,19H,3,11H2,1-2H3. The maximum Gasteiger partial charge on any atom is 0.338 e. The van der Waals surface area contributed by atoms with Gasteiger partial charge in [0.1, 0.15) is 0 Å². The number of anilines is 1. The fourth-order valence-electron chi connectivity index (χ4n) is 2.04. The van der Waals surface area contributed by atoms with Crippen molar-refractivity contribution in [2.45, 2.75) is 20.4 Å². The zero-order chi connectivity index (χ0) is 15.2. The number of nitrogens with one attached hydrogen (secondary N) is 1. The second kappa shape index (κ2) is 7.45. The summed E-state index contributed by atoms with van der Waals surface area (Å²) >= 11 is 2.26. The average Bonchev–Trinajstić information content (AvgIpc) is 2.50. The van der Waals surface area contributed by atoms with Gasteiger partial charge in [-0.3, -0.25) is 0 Å². The minimum atomic E-state index is -0.262. The summed E-state index contributed by atoms with van der Waals surface area (Å²) in [5, 5.41) is 3.41. The molecule has 0 fully saturated rings. The fraction of sp³-hybridized carbons (Fsp3) is 0.235. The highest BCUT2D eigenvalue weighted by Gasteiger charge is 2.14. The second-order valence-electron chi connectivity index (χ2n) is 4.66. The summed E-state index contributed by atoms with van der Waals surface area (Å²) in [7, 11) is 0. The summed E-state index contributed by atoms with van der Waals surface area (Å²) in [4.78, 5) is 11.9. The first-order valence-corrected chi connectivity index (χ1v) is 7.95. The van der Waals surface area contributed by atoms with E-state index in [2.05, 4.69) is 40.0 Å². The molecule has 0 amide bonds. The molecule has 0 aliphatic rings. The van der Waals surface area contributed by atoms with Gasteiger partial charge >= 0.3 is 5.97 Å². The number of hydrogen-bond acceptors (Lipinski definition) is 3.